The molecule has 42 valence electrons. The van der Waals surface area contributed by atoms with Crippen LogP contribution in [0.2, 0.25) is 0 Å². The molecule has 0 saturated heterocycles. The summed E-state index contributed by atoms with van der Waals surface area (Å²) in [6, 6.07) is 0.817. The minimum Gasteiger partial charge on any atom is -0.401 e. The first-order valence-electron chi connectivity index (χ1n) is 2.35. The molecule has 8 heavy (non-hydrogen) atoms. The largest absolute Gasteiger partial charge is 0.401 e. The summed E-state index contributed by atoms with van der Waals surface area (Å²) >= 11 is 0. The molecule has 0 aliphatic carbocycles. The highest BCUT2D eigenvalue weighted by Gasteiger charge is 2.21. The van der Waals surface area contributed by atoms with Crippen LogP contribution in [-0.4, -0.2) is 19.0 Å². The van der Waals surface area contributed by atoms with Gasteiger partial charge in [0.25, 0.3) is 0 Å². The van der Waals surface area contributed by atoms with E-state index >= 15 is 0 Å². The van der Waals surface area contributed by atoms with Gasteiger partial charge in [-0.05, 0) is 13.8 Å². The van der Waals surface area contributed by atoms with E-state index in [1.54, 1.807) is 13.8 Å². The molecule has 0 aromatic rings. The lowest BCUT2D eigenvalue weighted by atomic mass is 9.77. The summed E-state index contributed by atoms with van der Waals surface area (Å²) in [5.41, 5.74) is -0.819. The molecule has 0 rings (SSSR count). The van der Waals surface area contributed by atoms with Crippen LogP contribution in [0.4, 0.5) is 0 Å². The molecule has 0 spiro atoms. The Morgan fingerprint density at radius 3 is 2.12 bits per heavy atom. The Hall–Kier alpha value is -0.485. The van der Waals surface area contributed by atoms with Crippen molar-refractivity contribution in [1.29, 1.82) is 5.26 Å². The Labute approximate surface area is 50.5 Å². The van der Waals surface area contributed by atoms with E-state index in [4.69, 9.17) is 18.2 Å². The van der Waals surface area contributed by atoms with Gasteiger partial charge in [-0.3, -0.25) is 0 Å². The van der Waals surface area contributed by atoms with Crippen molar-refractivity contribution < 1.29 is 5.11 Å². The average Bonchev–Trinajstić information content (AvgIpc) is 1.67. The van der Waals surface area contributed by atoms with Crippen LogP contribution < -0.4 is 0 Å². The molecule has 3 heteroatoms. The number of nitrogens with zero attached hydrogens (tertiary/aromatic N) is 1. The number of nitriles is 1. The van der Waals surface area contributed by atoms with Gasteiger partial charge >= 0.3 is 0 Å². The average molecular weight is 109 g/mol. The Morgan fingerprint density at radius 1 is 1.75 bits per heavy atom. The second-order valence-corrected chi connectivity index (χ2v) is 2.28. The third-order valence-corrected chi connectivity index (χ3v) is 1.03. The smallest absolute Gasteiger partial charge is 0.110 e. The molecular formula is C5H8BNO. The number of hydrogen-bond donors (Lipinski definition) is 1. The fourth-order valence-electron chi connectivity index (χ4n) is 0.0661. The molecular weight excluding hydrogens is 101 g/mol. The van der Waals surface area contributed by atoms with E-state index in [1.165, 1.54) is 0 Å². The van der Waals surface area contributed by atoms with Gasteiger partial charge in [-0.25, -0.2) is 0 Å². The van der Waals surface area contributed by atoms with Crippen molar-refractivity contribution in [2.75, 3.05) is 0 Å². The SMILES string of the molecule is [B]C(O)C(C)(C)C#N. The summed E-state index contributed by atoms with van der Waals surface area (Å²) in [4.78, 5) is 0. The zero-order valence-electron chi connectivity index (χ0n) is 5.05. The van der Waals surface area contributed by atoms with Gasteiger partial charge in [0.1, 0.15) is 7.85 Å². The fraction of sp³-hybridized carbons (Fsp3) is 0.800. The number of hydrogen-bond acceptors (Lipinski definition) is 2. The summed E-state index contributed by atoms with van der Waals surface area (Å²) in [7, 11) is 5.01. The molecule has 2 radical (unpaired) electrons. The normalized spacial score (nSPS) is 14.8. The molecule has 0 amide bonds. The van der Waals surface area contributed by atoms with Crippen LogP contribution >= 0.6 is 0 Å². The minimum atomic E-state index is -1.05. The third-order valence-electron chi connectivity index (χ3n) is 1.03. The third kappa shape index (κ3) is 1.55. The summed E-state index contributed by atoms with van der Waals surface area (Å²) in [6.45, 7) is 3.16. The first kappa shape index (κ1) is 7.51. The predicted molar refractivity (Wildman–Crippen MR) is 31.2 cm³/mol. The van der Waals surface area contributed by atoms with E-state index < -0.39 is 11.4 Å². The van der Waals surface area contributed by atoms with Crippen LogP contribution in [0.3, 0.4) is 0 Å². The van der Waals surface area contributed by atoms with Crippen LogP contribution in [-0.2, 0) is 0 Å². The van der Waals surface area contributed by atoms with Crippen LogP contribution in [0.15, 0.2) is 0 Å². The standard InChI is InChI=1S/C5H8BNO/c1-5(2,3-7)4(6)8/h4,8H,1-2H3. The molecule has 0 aromatic heterocycles. The molecule has 1 N–H and O–H groups in total. The topological polar surface area (TPSA) is 44.0 Å². The van der Waals surface area contributed by atoms with E-state index in [2.05, 4.69) is 0 Å². The van der Waals surface area contributed by atoms with Gasteiger partial charge in [0, 0.05) is 6.00 Å². The zero-order chi connectivity index (χ0) is 6.78. The number of rotatable bonds is 1. The molecule has 0 aliphatic heterocycles. The van der Waals surface area contributed by atoms with E-state index in [-0.39, 0.29) is 0 Å². The highest BCUT2D eigenvalue weighted by molar-refractivity contribution is 6.11. The van der Waals surface area contributed by atoms with Gasteiger partial charge in [-0.15, -0.1) is 0 Å². The van der Waals surface area contributed by atoms with Crippen molar-refractivity contribution in [1.82, 2.24) is 0 Å². The van der Waals surface area contributed by atoms with Gasteiger partial charge in [-0.1, -0.05) is 0 Å². The lowest BCUT2D eigenvalue weighted by molar-refractivity contribution is 0.162. The van der Waals surface area contributed by atoms with E-state index in [1.807, 2.05) is 6.07 Å². The molecule has 0 aromatic carbocycles. The molecule has 1 unspecified atom stereocenters. The summed E-state index contributed by atoms with van der Waals surface area (Å²) in [5, 5.41) is 16.9. The van der Waals surface area contributed by atoms with Crippen LogP contribution in [0.25, 0.3) is 0 Å². The van der Waals surface area contributed by atoms with Crippen molar-refractivity contribution in [3.05, 3.63) is 0 Å². The summed E-state index contributed by atoms with van der Waals surface area (Å²) in [5.74, 6) is 0. The maximum atomic E-state index is 8.64. The van der Waals surface area contributed by atoms with Crippen molar-refractivity contribution in [2.45, 2.75) is 19.9 Å². The zero-order valence-corrected chi connectivity index (χ0v) is 5.05. The second-order valence-electron chi connectivity index (χ2n) is 2.28. The Morgan fingerprint density at radius 2 is 2.12 bits per heavy atom. The highest BCUT2D eigenvalue weighted by Crippen LogP contribution is 2.15. The monoisotopic (exact) mass is 109 g/mol. The van der Waals surface area contributed by atoms with E-state index in [9.17, 15) is 0 Å². The molecule has 0 heterocycles. The van der Waals surface area contributed by atoms with E-state index in [0.29, 0.717) is 0 Å². The minimum absolute atomic E-state index is 0.819. The van der Waals surface area contributed by atoms with Crippen molar-refractivity contribution >= 4 is 7.85 Å². The van der Waals surface area contributed by atoms with Crippen LogP contribution in [0.5, 0.6) is 0 Å². The summed E-state index contributed by atoms with van der Waals surface area (Å²) in [6.07, 6.45) is 0. The molecule has 0 bridgehead atoms. The predicted octanol–water partition coefficient (Wildman–Crippen LogP) is 0.0231. The Balaban J connectivity index is 3.97. The van der Waals surface area contributed by atoms with Gasteiger partial charge < -0.3 is 5.11 Å². The molecule has 2 nitrogen and oxygen atoms in total. The maximum absolute atomic E-state index is 8.64. The van der Waals surface area contributed by atoms with Gasteiger partial charge in [-0.2, -0.15) is 5.26 Å². The highest BCUT2D eigenvalue weighted by atomic mass is 16.3. The van der Waals surface area contributed by atoms with Gasteiger partial charge in [0.05, 0.1) is 11.5 Å². The number of aliphatic hydroxyl groups is 1. The second kappa shape index (κ2) is 2.19. The fourth-order valence-corrected chi connectivity index (χ4v) is 0.0661. The van der Waals surface area contributed by atoms with Crippen LogP contribution in [0, 0.1) is 16.7 Å². The van der Waals surface area contributed by atoms with Crippen molar-refractivity contribution in [3.8, 4) is 6.07 Å². The molecule has 0 fully saturated rings. The van der Waals surface area contributed by atoms with E-state index in [0.717, 1.165) is 0 Å². The quantitative estimate of drug-likeness (QED) is 0.482. The lowest BCUT2D eigenvalue weighted by Gasteiger charge is -2.18. The molecule has 0 saturated carbocycles. The van der Waals surface area contributed by atoms with Crippen LogP contribution in [0.1, 0.15) is 13.8 Å². The van der Waals surface area contributed by atoms with Crippen molar-refractivity contribution in [2.24, 2.45) is 5.41 Å². The molecule has 1 atom stereocenters. The first-order chi connectivity index (χ1) is 3.50. The van der Waals surface area contributed by atoms with Gasteiger partial charge in [0.15, 0.2) is 0 Å². The number of aliphatic hydroxyl groups excluding tert-OH is 1. The molecule has 0 aliphatic rings. The maximum Gasteiger partial charge on any atom is 0.110 e. The lowest BCUT2D eigenvalue weighted by Crippen LogP contribution is -2.27. The van der Waals surface area contributed by atoms with Gasteiger partial charge in [0.2, 0.25) is 0 Å². The van der Waals surface area contributed by atoms with Crippen molar-refractivity contribution in [3.63, 3.8) is 0 Å². The Kier molecular flexibility index (Phi) is 2.06. The Bertz CT molecular complexity index is 114. The summed E-state index contributed by atoms with van der Waals surface area (Å²) < 4.78 is 0. The first-order valence-corrected chi connectivity index (χ1v) is 2.35.